The first-order valence-electron chi connectivity index (χ1n) is 4.10. The monoisotopic (exact) mass is 246 g/mol. The molecule has 5 heteroatoms. The molecule has 0 aromatic heterocycles. The average Bonchev–Trinajstić information content (AvgIpc) is 2.19. The van der Waals surface area contributed by atoms with E-state index in [9.17, 15) is 9.59 Å². The van der Waals surface area contributed by atoms with E-state index in [-0.39, 0.29) is 17.5 Å². The third-order valence-corrected chi connectivity index (χ3v) is 2.65. The quantitative estimate of drug-likeness (QED) is 0.890. The number of thioether (sulfide) groups is 1. The molecule has 1 N–H and O–H groups in total. The van der Waals surface area contributed by atoms with Crippen LogP contribution in [0.25, 0.3) is 0 Å². The molecule has 0 fully saturated rings. The molecule has 82 valence electrons. The van der Waals surface area contributed by atoms with Gasteiger partial charge in [0.25, 0.3) is 0 Å². The highest BCUT2D eigenvalue weighted by Gasteiger charge is 2.17. The van der Waals surface area contributed by atoms with Gasteiger partial charge in [0.2, 0.25) is 5.12 Å². The Balaban J connectivity index is 0.00000196. The van der Waals surface area contributed by atoms with Gasteiger partial charge in [-0.2, -0.15) is 0 Å². The highest BCUT2D eigenvalue weighted by atomic mass is 35.5. The summed E-state index contributed by atoms with van der Waals surface area (Å²) in [7, 11) is 0. The summed E-state index contributed by atoms with van der Waals surface area (Å²) in [6.45, 7) is 1.49. The minimum atomic E-state index is -0.973. The first-order valence-corrected chi connectivity index (χ1v) is 4.98. The van der Waals surface area contributed by atoms with Crippen molar-refractivity contribution in [2.45, 2.75) is 12.2 Å². The fourth-order valence-corrected chi connectivity index (χ4v) is 1.55. The highest BCUT2D eigenvalue weighted by molar-refractivity contribution is 8.15. The van der Waals surface area contributed by atoms with Crippen LogP contribution in [-0.4, -0.2) is 21.4 Å². The topological polar surface area (TPSA) is 54.4 Å². The van der Waals surface area contributed by atoms with E-state index in [0.29, 0.717) is 5.56 Å². The van der Waals surface area contributed by atoms with E-state index in [0.717, 1.165) is 11.8 Å². The molecule has 1 unspecified atom stereocenters. The van der Waals surface area contributed by atoms with E-state index in [1.54, 1.807) is 24.3 Å². The van der Waals surface area contributed by atoms with Crippen LogP contribution in [0, 0.1) is 0 Å². The Morgan fingerprint density at radius 2 is 1.80 bits per heavy atom. The summed E-state index contributed by atoms with van der Waals surface area (Å²) in [5.74, 6) is -0.973. The Kier molecular flexibility index (Phi) is 6.05. The molecule has 0 aliphatic heterocycles. The van der Waals surface area contributed by atoms with Crippen LogP contribution < -0.4 is 0 Å². The molecule has 1 aromatic rings. The molecule has 0 heterocycles. The van der Waals surface area contributed by atoms with E-state index in [2.05, 4.69) is 0 Å². The van der Waals surface area contributed by atoms with E-state index in [1.807, 2.05) is 6.07 Å². The molecule has 0 aliphatic carbocycles. The molecule has 0 aliphatic rings. The summed E-state index contributed by atoms with van der Waals surface area (Å²) in [5, 5.41) is 7.69. The summed E-state index contributed by atoms with van der Waals surface area (Å²) in [5.41, 5.74) is 0.533. The predicted molar refractivity (Wildman–Crippen MR) is 62.7 cm³/mol. The van der Waals surface area contributed by atoms with Crippen LogP contribution in [0.3, 0.4) is 0 Å². The summed E-state index contributed by atoms with van der Waals surface area (Å²) in [6.07, 6.45) is 0. The Hall–Kier alpha value is -1.00. The zero-order valence-corrected chi connectivity index (χ0v) is 9.68. The van der Waals surface area contributed by atoms with Crippen LogP contribution in [0.4, 0.5) is 0 Å². The summed E-state index contributed by atoms with van der Waals surface area (Å²) >= 11 is 0.822. The SMILES string of the molecule is CC(SC(=O)c1ccccc1)C(=O)O.Cl. The van der Waals surface area contributed by atoms with Gasteiger partial charge in [0.15, 0.2) is 0 Å². The maximum atomic E-state index is 11.5. The molecule has 0 saturated heterocycles. The van der Waals surface area contributed by atoms with E-state index in [4.69, 9.17) is 5.11 Å². The molecule has 3 nitrogen and oxygen atoms in total. The lowest BCUT2D eigenvalue weighted by Crippen LogP contribution is -2.14. The number of carbonyl (C=O) groups excluding carboxylic acids is 1. The third-order valence-electron chi connectivity index (χ3n) is 1.64. The van der Waals surface area contributed by atoms with Gasteiger partial charge in [-0.25, -0.2) is 0 Å². The fourth-order valence-electron chi connectivity index (χ4n) is 0.853. The van der Waals surface area contributed by atoms with Gasteiger partial charge in [0, 0.05) is 5.56 Å². The van der Waals surface area contributed by atoms with Gasteiger partial charge in [-0.1, -0.05) is 42.1 Å². The first-order chi connectivity index (χ1) is 6.61. The molecule has 1 rings (SSSR count). The molecule has 0 radical (unpaired) electrons. The first kappa shape index (κ1) is 14.0. The molecule has 0 amide bonds. The minimum Gasteiger partial charge on any atom is -0.480 e. The predicted octanol–water partition coefficient (Wildman–Crippen LogP) is 2.45. The van der Waals surface area contributed by atoms with Gasteiger partial charge in [-0.15, -0.1) is 12.4 Å². The smallest absolute Gasteiger partial charge is 0.316 e. The summed E-state index contributed by atoms with van der Waals surface area (Å²) < 4.78 is 0. The highest BCUT2D eigenvalue weighted by Crippen LogP contribution is 2.17. The number of hydrogen-bond acceptors (Lipinski definition) is 3. The molecule has 0 bridgehead atoms. The zero-order chi connectivity index (χ0) is 10.6. The van der Waals surface area contributed by atoms with Crippen LogP contribution in [-0.2, 0) is 4.79 Å². The lowest BCUT2D eigenvalue weighted by Gasteiger charge is -2.03. The Labute approximate surface area is 98.3 Å². The number of benzene rings is 1. The lowest BCUT2D eigenvalue weighted by atomic mass is 10.2. The second-order valence-electron chi connectivity index (χ2n) is 2.75. The maximum absolute atomic E-state index is 11.5. The van der Waals surface area contributed by atoms with Gasteiger partial charge in [0.05, 0.1) is 0 Å². The Morgan fingerprint density at radius 3 is 2.27 bits per heavy atom. The zero-order valence-electron chi connectivity index (χ0n) is 8.04. The van der Waals surface area contributed by atoms with Crippen molar-refractivity contribution in [2.75, 3.05) is 0 Å². The maximum Gasteiger partial charge on any atom is 0.316 e. The Morgan fingerprint density at radius 1 is 1.27 bits per heavy atom. The van der Waals surface area contributed by atoms with Crippen molar-refractivity contribution < 1.29 is 14.7 Å². The van der Waals surface area contributed by atoms with Crippen molar-refractivity contribution >= 4 is 35.3 Å². The van der Waals surface area contributed by atoms with Gasteiger partial charge in [0.1, 0.15) is 5.25 Å². The largest absolute Gasteiger partial charge is 0.480 e. The molecule has 1 atom stereocenters. The van der Waals surface area contributed by atoms with Gasteiger partial charge in [-0.3, -0.25) is 9.59 Å². The van der Waals surface area contributed by atoms with Crippen LogP contribution in [0.5, 0.6) is 0 Å². The summed E-state index contributed by atoms with van der Waals surface area (Å²) in [4.78, 5) is 22.0. The van der Waals surface area contributed by atoms with Crippen molar-refractivity contribution in [1.29, 1.82) is 0 Å². The third kappa shape index (κ3) is 4.36. The number of hydrogen-bond donors (Lipinski definition) is 1. The molecular weight excluding hydrogens is 236 g/mol. The molecular formula is C10H11ClO3S. The molecule has 15 heavy (non-hydrogen) atoms. The second-order valence-corrected chi connectivity index (χ2v) is 4.07. The van der Waals surface area contributed by atoms with Crippen molar-refractivity contribution in [3.8, 4) is 0 Å². The van der Waals surface area contributed by atoms with Crippen LogP contribution in [0.1, 0.15) is 17.3 Å². The van der Waals surface area contributed by atoms with E-state index >= 15 is 0 Å². The standard InChI is InChI=1S/C10H10O3S.ClH/c1-7(9(11)12)14-10(13)8-5-3-2-4-6-8;/h2-7H,1H3,(H,11,12);1H. The average molecular weight is 247 g/mol. The van der Waals surface area contributed by atoms with Crippen molar-refractivity contribution in [2.24, 2.45) is 0 Å². The van der Waals surface area contributed by atoms with Crippen molar-refractivity contribution in [3.05, 3.63) is 35.9 Å². The number of carboxylic acids is 1. The summed E-state index contributed by atoms with van der Waals surface area (Å²) in [6, 6.07) is 8.65. The number of carbonyl (C=O) groups is 2. The van der Waals surface area contributed by atoms with Crippen LogP contribution in [0.2, 0.25) is 0 Å². The molecule has 0 spiro atoms. The number of carboxylic acid groups (broad SMARTS) is 1. The number of rotatable bonds is 3. The molecule has 1 aromatic carbocycles. The van der Waals surface area contributed by atoms with Crippen molar-refractivity contribution in [1.82, 2.24) is 0 Å². The lowest BCUT2D eigenvalue weighted by molar-refractivity contribution is -0.136. The van der Waals surface area contributed by atoms with E-state index < -0.39 is 11.2 Å². The van der Waals surface area contributed by atoms with Gasteiger partial charge in [-0.05, 0) is 6.92 Å². The number of halogens is 1. The molecule has 0 saturated carbocycles. The Bertz CT molecular complexity index is 340. The van der Waals surface area contributed by atoms with Gasteiger partial charge >= 0.3 is 5.97 Å². The minimum absolute atomic E-state index is 0. The van der Waals surface area contributed by atoms with Crippen LogP contribution in [0.15, 0.2) is 30.3 Å². The normalized spacial score (nSPS) is 11.3. The van der Waals surface area contributed by atoms with Crippen LogP contribution >= 0.6 is 24.2 Å². The van der Waals surface area contributed by atoms with Crippen molar-refractivity contribution in [3.63, 3.8) is 0 Å². The van der Waals surface area contributed by atoms with E-state index in [1.165, 1.54) is 6.92 Å². The number of aliphatic carboxylic acids is 1. The fraction of sp³-hybridized carbons (Fsp3) is 0.200. The second kappa shape index (κ2) is 6.48. The van der Waals surface area contributed by atoms with Gasteiger partial charge < -0.3 is 5.11 Å².